The SMILES string of the molecule is CCCCN(CC)S(=O)(=O)CCCl. The fourth-order valence-corrected chi connectivity index (χ4v) is 2.89. The number of hydrogen-bond donors (Lipinski definition) is 0. The molecule has 0 heterocycles. The topological polar surface area (TPSA) is 37.4 Å². The zero-order valence-electron chi connectivity index (χ0n) is 8.29. The molecule has 0 saturated carbocycles. The molecule has 0 aromatic carbocycles. The Morgan fingerprint density at radius 1 is 1.31 bits per heavy atom. The molecule has 0 saturated heterocycles. The highest BCUT2D eigenvalue weighted by atomic mass is 35.5. The third-order valence-corrected chi connectivity index (χ3v) is 4.20. The molecule has 0 bridgehead atoms. The molecule has 0 aromatic heterocycles. The van der Waals surface area contributed by atoms with Crippen molar-refractivity contribution in [2.75, 3.05) is 24.7 Å². The normalized spacial score (nSPS) is 12.3. The molecule has 0 unspecified atom stereocenters. The van der Waals surface area contributed by atoms with Crippen molar-refractivity contribution in [3.63, 3.8) is 0 Å². The predicted molar refractivity (Wildman–Crippen MR) is 56.7 cm³/mol. The van der Waals surface area contributed by atoms with Crippen LogP contribution in [0, 0.1) is 0 Å². The van der Waals surface area contributed by atoms with E-state index in [0.29, 0.717) is 13.1 Å². The van der Waals surface area contributed by atoms with Gasteiger partial charge in [0.05, 0.1) is 5.75 Å². The summed E-state index contributed by atoms with van der Waals surface area (Å²) in [7, 11) is -3.09. The quantitative estimate of drug-likeness (QED) is 0.621. The Hall–Kier alpha value is 0.200. The zero-order valence-corrected chi connectivity index (χ0v) is 9.86. The second kappa shape index (κ2) is 6.62. The maximum atomic E-state index is 11.5. The van der Waals surface area contributed by atoms with Gasteiger partial charge in [-0.2, -0.15) is 0 Å². The van der Waals surface area contributed by atoms with E-state index in [1.54, 1.807) is 0 Å². The number of rotatable bonds is 7. The van der Waals surface area contributed by atoms with Crippen molar-refractivity contribution in [2.24, 2.45) is 0 Å². The number of halogens is 1. The Morgan fingerprint density at radius 2 is 1.92 bits per heavy atom. The first-order valence-electron chi connectivity index (χ1n) is 4.62. The Kier molecular flexibility index (Phi) is 6.73. The molecular formula is C8H18ClNO2S. The third kappa shape index (κ3) is 4.84. The van der Waals surface area contributed by atoms with E-state index >= 15 is 0 Å². The smallest absolute Gasteiger partial charge is 0.212 e. The molecule has 80 valence electrons. The monoisotopic (exact) mass is 227 g/mol. The van der Waals surface area contributed by atoms with Gasteiger partial charge in [0.1, 0.15) is 0 Å². The highest BCUT2D eigenvalue weighted by Gasteiger charge is 2.18. The van der Waals surface area contributed by atoms with Crippen molar-refractivity contribution in [3.8, 4) is 0 Å². The van der Waals surface area contributed by atoms with Gasteiger partial charge in [-0.25, -0.2) is 12.7 Å². The fourth-order valence-electron chi connectivity index (χ4n) is 1.05. The van der Waals surface area contributed by atoms with Crippen LogP contribution in [-0.2, 0) is 10.0 Å². The van der Waals surface area contributed by atoms with Crippen LogP contribution < -0.4 is 0 Å². The molecule has 0 amide bonds. The average molecular weight is 228 g/mol. The molecule has 0 aliphatic carbocycles. The van der Waals surface area contributed by atoms with Gasteiger partial charge in [0.2, 0.25) is 10.0 Å². The lowest BCUT2D eigenvalue weighted by molar-refractivity contribution is 0.420. The van der Waals surface area contributed by atoms with Crippen molar-refractivity contribution in [1.29, 1.82) is 0 Å². The van der Waals surface area contributed by atoms with Crippen LogP contribution >= 0.6 is 11.6 Å². The van der Waals surface area contributed by atoms with Crippen LogP contribution in [0.3, 0.4) is 0 Å². The second-order valence-electron chi connectivity index (χ2n) is 2.85. The number of alkyl halides is 1. The van der Waals surface area contributed by atoms with Gasteiger partial charge in [0, 0.05) is 19.0 Å². The Bertz CT molecular complexity index is 216. The number of unbranched alkanes of at least 4 members (excludes halogenated alkanes) is 1. The maximum absolute atomic E-state index is 11.5. The van der Waals surface area contributed by atoms with Gasteiger partial charge in [-0.3, -0.25) is 0 Å². The van der Waals surface area contributed by atoms with Gasteiger partial charge in [-0.15, -0.1) is 11.6 Å². The summed E-state index contributed by atoms with van der Waals surface area (Å²) in [6, 6.07) is 0. The summed E-state index contributed by atoms with van der Waals surface area (Å²) in [6.07, 6.45) is 1.92. The largest absolute Gasteiger partial charge is 0.215 e. The highest BCUT2D eigenvalue weighted by molar-refractivity contribution is 7.89. The molecule has 0 fully saturated rings. The van der Waals surface area contributed by atoms with E-state index in [-0.39, 0.29) is 11.6 Å². The predicted octanol–water partition coefficient (Wildman–Crippen LogP) is 1.68. The van der Waals surface area contributed by atoms with E-state index in [1.807, 2.05) is 13.8 Å². The summed E-state index contributed by atoms with van der Waals surface area (Å²) < 4.78 is 24.5. The van der Waals surface area contributed by atoms with Gasteiger partial charge in [-0.05, 0) is 6.42 Å². The van der Waals surface area contributed by atoms with E-state index in [0.717, 1.165) is 12.8 Å². The molecule has 0 aliphatic heterocycles. The van der Waals surface area contributed by atoms with Gasteiger partial charge in [0.15, 0.2) is 0 Å². The van der Waals surface area contributed by atoms with Gasteiger partial charge < -0.3 is 0 Å². The highest BCUT2D eigenvalue weighted by Crippen LogP contribution is 2.04. The minimum absolute atomic E-state index is 0.0477. The minimum atomic E-state index is -3.09. The van der Waals surface area contributed by atoms with Crippen molar-refractivity contribution >= 4 is 21.6 Å². The van der Waals surface area contributed by atoms with Gasteiger partial charge in [-0.1, -0.05) is 20.3 Å². The van der Waals surface area contributed by atoms with Crippen LogP contribution in [0.25, 0.3) is 0 Å². The van der Waals surface area contributed by atoms with E-state index in [9.17, 15) is 8.42 Å². The molecule has 0 aliphatic rings. The molecule has 0 radical (unpaired) electrons. The molecule has 3 nitrogen and oxygen atoms in total. The lowest BCUT2D eigenvalue weighted by atomic mass is 10.3. The van der Waals surface area contributed by atoms with Crippen molar-refractivity contribution in [3.05, 3.63) is 0 Å². The lowest BCUT2D eigenvalue weighted by Gasteiger charge is -2.19. The Labute approximate surface area is 86.1 Å². The first-order valence-corrected chi connectivity index (χ1v) is 6.76. The lowest BCUT2D eigenvalue weighted by Crippen LogP contribution is -2.34. The van der Waals surface area contributed by atoms with E-state index < -0.39 is 10.0 Å². The summed E-state index contributed by atoms with van der Waals surface area (Å²) in [6.45, 7) is 5.05. The molecule has 0 aromatic rings. The summed E-state index contributed by atoms with van der Waals surface area (Å²) in [5, 5.41) is 0. The summed E-state index contributed by atoms with van der Waals surface area (Å²) in [4.78, 5) is 0. The maximum Gasteiger partial charge on any atom is 0.215 e. The summed E-state index contributed by atoms with van der Waals surface area (Å²) in [5.41, 5.74) is 0. The van der Waals surface area contributed by atoms with E-state index in [4.69, 9.17) is 11.6 Å². The van der Waals surface area contributed by atoms with Gasteiger partial charge in [0.25, 0.3) is 0 Å². The van der Waals surface area contributed by atoms with Gasteiger partial charge >= 0.3 is 0 Å². The number of hydrogen-bond acceptors (Lipinski definition) is 2. The Balaban J connectivity index is 4.20. The third-order valence-electron chi connectivity index (χ3n) is 1.84. The number of sulfonamides is 1. The fraction of sp³-hybridized carbons (Fsp3) is 1.00. The van der Waals surface area contributed by atoms with Crippen LogP contribution in [0.4, 0.5) is 0 Å². The number of nitrogens with zero attached hydrogens (tertiary/aromatic N) is 1. The van der Waals surface area contributed by atoms with E-state index in [2.05, 4.69) is 0 Å². The first kappa shape index (κ1) is 13.2. The van der Waals surface area contributed by atoms with Crippen LogP contribution in [-0.4, -0.2) is 37.4 Å². The molecule has 0 spiro atoms. The van der Waals surface area contributed by atoms with Crippen LogP contribution in [0.15, 0.2) is 0 Å². The molecule has 5 heteroatoms. The van der Waals surface area contributed by atoms with E-state index in [1.165, 1.54) is 4.31 Å². The van der Waals surface area contributed by atoms with Crippen molar-refractivity contribution < 1.29 is 8.42 Å². The molecule has 13 heavy (non-hydrogen) atoms. The molecule has 0 atom stereocenters. The van der Waals surface area contributed by atoms with Crippen molar-refractivity contribution in [2.45, 2.75) is 26.7 Å². The van der Waals surface area contributed by atoms with Crippen molar-refractivity contribution in [1.82, 2.24) is 4.31 Å². The Morgan fingerprint density at radius 3 is 2.31 bits per heavy atom. The molecular weight excluding hydrogens is 210 g/mol. The summed E-state index contributed by atoms with van der Waals surface area (Å²) in [5.74, 6) is 0.219. The first-order chi connectivity index (χ1) is 6.08. The average Bonchev–Trinajstić information content (AvgIpc) is 2.05. The standard InChI is InChI=1S/C8H18ClNO2S/c1-3-5-7-10(4-2)13(11,12)8-6-9/h3-8H2,1-2H3. The molecule has 0 rings (SSSR count). The minimum Gasteiger partial charge on any atom is -0.212 e. The van der Waals surface area contributed by atoms with Crippen LogP contribution in [0.2, 0.25) is 0 Å². The van der Waals surface area contributed by atoms with Crippen LogP contribution in [0.5, 0.6) is 0 Å². The molecule has 0 N–H and O–H groups in total. The van der Waals surface area contributed by atoms with Crippen LogP contribution in [0.1, 0.15) is 26.7 Å². The zero-order chi connectivity index (χ0) is 10.3. The second-order valence-corrected chi connectivity index (χ2v) is 5.32. The summed E-state index contributed by atoms with van der Waals surface area (Å²) >= 11 is 5.42.